The highest BCUT2D eigenvalue weighted by Gasteiger charge is 2.31. The van der Waals surface area contributed by atoms with Gasteiger partial charge in [0.25, 0.3) is 0 Å². The van der Waals surface area contributed by atoms with E-state index in [1.807, 2.05) is 6.92 Å². The average Bonchev–Trinajstić information content (AvgIpc) is 2.61. The molecule has 0 saturated carbocycles. The Morgan fingerprint density at radius 3 is 2.38 bits per heavy atom. The first-order valence-corrected chi connectivity index (χ1v) is 8.54. The smallest absolute Gasteiger partial charge is 0.308 e. The van der Waals surface area contributed by atoms with E-state index in [1.165, 1.54) is 0 Å². The lowest BCUT2D eigenvalue weighted by Crippen LogP contribution is -2.31. The van der Waals surface area contributed by atoms with Crippen LogP contribution in [0.15, 0.2) is 47.6 Å². The molecule has 0 unspecified atom stereocenters. The van der Waals surface area contributed by atoms with E-state index < -0.39 is 23.6 Å². The van der Waals surface area contributed by atoms with Crippen LogP contribution < -0.4 is 16.1 Å². The van der Waals surface area contributed by atoms with Crippen molar-refractivity contribution >= 4 is 29.0 Å². The third kappa shape index (κ3) is 5.09. The van der Waals surface area contributed by atoms with E-state index in [2.05, 4.69) is 21.2 Å². The van der Waals surface area contributed by atoms with Crippen LogP contribution in [-0.2, 0) is 11.0 Å². The van der Waals surface area contributed by atoms with Crippen molar-refractivity contribution in [2.75, 3.05) is 10.6 Å². The molecule has 0 bridgehead atoms. The highest BCUT2D eigenvalue weighted by atomic mass is 19.4. The molecule has 3 rings (SSSR count). The lowest BCUT2D eigenvalue weighted by Gasteiger charge is -2.19. The number of nitrogens with zero attached hydrogens (tertiary/aromatic N) is 1. The number of carbonyl (C=O) groups is 2. The molecule has 1 aliphatic heterocycles. The van der Waals surface area contributed by atoms with Gasteiger partial charge in [-0.15, -0.1) is 0 Å². The van der Waals surface area contributed by atoms with E-state index in [9.17, 15) is 27.2 Å². The molecule has 0 saturated heterocycles. The molecule has 3 amide bonds. The number of hydrogen-bond acceptors (Lipinski definition) is 3. The third-order valence-electron chi connectivity index (χ3n) is 4.18. The van der Waals surface area contributed by atoms with Crippen molar-refractivity contribution in [3.63, 3.8) is 0 Å². The van der Waals surface area contributed by atoms with Gasteiger partial charge in [-0.05, 0) is 35.9 Å². The standard InChI is InChI=1S/C19H16F4N4O2/c1-10-6-16(28)26-27-17(10)11-2-4-14(5-3-11)24-18(29)25-15-8-12(19(21,22)23)7-13(20)9-15/h2-5,7-10H,6H2,1H3,(H,26,28)(H2,24,25,29)/t10-/m1/s1. The number of hydrogen-bond donors (Lipinski definition) is 3. The second-order valence-corrected chi connectivity index (χ2v) is 6.52. The van der Waals surface area contributed by atoms with Crippen molar-refractivity contribution in [3.8, 4) is 0 Å². The summed E-state index contributed by atoms with van der Waals surface area (Å²) in [6.45, 7) is 1.87. The highest BCUT2D eigenvalue weighted by molar-refractivity contribution is 6.06. The number of benzene rings is 2. The Balaban J connectivity index is 1.67. The van der Waals surface area contributed by atoms with Crippen LogP contribution in [-0.4, -0.2) is 17.6 Å². The second-order valence-electron chi connectivity index (χ2n) is 6.52. The van der Waals surface area contributed by atoms with Crippen molar-refractivity contribution in [2.45, 2.75) is 19.5 Å². The van der Waals surface area contributed by atoms with Gasteiger partial charge in [0, 0.05) is 23.7 Å². The maximum Gasteiger partial charge on any atom is 0.416 e. The number of carbonyl (C=O) groups excluding carboxylic acids is 2. The van der Waals surface area contributed by atoms with Gasteiger partial charge in [-0.3, -0.25) is 4.79 Å². The van der Waals surface area contributed by atoms with Crippen LogP contribution in [0, 0.1) is 11.7 Å². The van der Waals surface area contributed by atoms with E-state index in [0.29, 0.717) is 30.0 Å². The molecule has 1 heterocycles. The highest BCUT2D eigenvalue weighted by Crippen LogP contribution is 2.31. The Morgan fingerprint density at radius 2 is 1.76 bits per heavy atom. The second kappa shape index (κ2) is 7.90. The predicted molar refractivity (Wildman–Crippen MR) is 98.9 cm³/mol. The summed E-state index contributed by atoms with van der Waals surface area (Å²) in [5, 5.41) is 8.66. The lowest BCUT2D eigenvalue weighted by atomic mass is 9.94. The van der Waals surface area contributed by atoms with Gasteiger partial charge in [0.05, 0.1) is 11.3 Å². The number of hydrazone groups is 1. The van der Waals surface area contributed by atoms with Crippen molar-refractivity contribution in [1.82, 2.24) is 5.43 Å². The third-order valence-corrected chi connectivity index (χ3v) is 4.18. The summed E-state index contributed by atoms with van der Waals surface area (Å²) in [5.41, 5.74) is 2.70. The molecule has 0 fully saturated rings. The quantitative estimate of drug-likeness (QED) is 0.660. The fraction of sp³-hybridized carbons (Fsp3) is 0.211. The molecule has 1 atom stereocenters. The summed E-state index contributed by atoms with van der Waals surface area (Å²) < 4.78 is 51.6. The Bertz CT molecular complexity index is 971. The summed E-state index contributed by atoms with van der Waals surface area (Å²) in [5.74, 6) is -1.35. The van der Waals surface area contributed by atoms with E-state index in [4.69, 9.17) is 0 Å². The molecule has 3 N–H and O–H groups in total. The van der Waals surface area contributed by atoms with Gasteiger partial charge in [-0.2, -0.15) is 18.3 Å². The van der Waals surface area contributed by atoms with Gasteiger partial charge >= 0.3 is 12.2 Å². The van der Waals surface area contributed by atoms with Crippen LogP contribution in [0.4, 0.5) is 33.7 Å². The van der Waals surface area contributed by atoms with Crippen molar-refractivity contribution in [3.05, 3.63) is 59.4 Å². The van der Waals surface area contributed by atoms with E-state index in [0.717, 1.165) is 11.6 Å². The molecule has 1 aliphatic rings. The molecule has 2 aromatic carbocycles. The first-order chi connectivity index (χ1) is 13.6. The minimum atomic E-state index is -4.73. The fourth-order valence-electron chi connectivity index (χ4n) is 2.85. The minimum Gasteiger partial charge on any atom is -0.308 e. The molecule has 10 heteroatoms. The van der Waals surface area contributed by atoms with Gasteiger partial charge in [0.15, 0.2) is 0 Å². The zero-order valence-corrected chi connectivity index (χ0v) is 15.1. The zero-order chi connectivity index (χ0) is 21.2. The maximum absolute atomic E-state index is 13.4. The van der Waals surface area contributed by atoms with Crippen LogP contribution in [0.25, 0.3) is 0 Å². The Kier molecular flexibility index (Phi) is 5.53. The minimum absolute atomic E-state index is 0.0679. The number of nitrogens with one attached hydrogen (secondary N) is 3. The predicted octanol–water partition coefficient (Wildman–Crippen LogP) is 4.35. The SMILES string of the molecule is C[C@@H]1CC(=O)NN=C1c1ccc(NC(=O)Nc2cc(F)cc(C(F)(F)F)c2)cc1. The Labute approximate surface area is 163 Å². The maximum atomic E-state index is 13.4. The van der Waals surface area contributed by atoms with Crippen LogP contribution in [0.5, 0.6) is 0 Å². The number of anilines is 2. The van der Waals surface area contributed by atoms with Crippen molar-refractivity contribution in [2.24, 2.45) is 11.0 Å². The van der Waals surface area contributed by atoms with Crippen molar-refractivity contribution < 1.29 is 27.2 Å². The molecule has 152 valence electrons. The number of halogens is 4. The molecular weight excluding hydrogens is 392 g/mol. The molecule has 2 aromatic rings. The lowest BCUT2D eigenvalue weighted by molar-refractivity contribution is -0.137. The summed E-state index contributed by atoms with van der Waals surface area (Å²) in [6, 6.07) is 7.47. The van der Waals surface area contributed by atoms with Gasteiger partial charge < -0.3 is 10.6 Å². The van der Waals surface area contributed by atoms with Gasteiger partial charge in [-0.1, -0.05) is 19.1 Å². The van der Waals surface area contributed by atoms with E-state index in [-0.39, 0.29) is 17.5 Å². The first kappa shape index (κ1) is 20.3. The van der Waals surface area contributed by atoms with Gasteiger partial charge in [-0.25, -0.2) is 14.6 Å². The monoisotopic (exact) mass is 408 g/mol. The van der Waals surface area contributed by atoms with E-state index >= 15 is 0 Å². The topological polar surface area (TPSA) is 82.6 Å². The molecule has 6 nitrogen and oxygen atoms in total. The van der Waals surface area contributed by atoms with Gasteiger partial charge in [0.2, 0.25) is 5.91 Å². The van der Waals surface area contributed by atoms with Crippen LogP contribution in [0.2, 0.25) is 0 Å². The first-order valence-electron chi connectivity index (χ1n) is 8.54. The number of rotatable bonds is 3. The summed E-state index contributed by atoms with van der Waals surface area (Å²) in [6.07, 6.45) is -4.42. The van der Waals surface area contributed by atoms with Crippen molar-refractivity contribution in [1.29, 1.82) is 0 Å². The van der Waals surface area contributed by atoms with Gasteiger partial charge in [0.1, 0.15) is 5.82 Å². The molecule has 0 aromatic heterocycles. The molecule has 0 radical (unpaired) electrons. The number of amides is 3. The van der Waals surface area contributed by atoms with E-state index in [1.54, 1.807) is 24.3 Å². The molecule has 0 spiro atoms. The fourth-order valence-corrected chi connectivity index (χ4v) is 2.85. The number of urea groups is 1. The van der Waals surface area contributed by atoms with Crippen LogP contribution >= 0.6 is 0 Å². The molecule has 29 heavy (non-hydrogen) atoms. The summed E-state index contributed by atoms with van der Waals surface area (Å²) in [7, 11) is 0. The van der Waals surface area contributed by atoms with Crippen LogP contribution in [0.1, 0.15) is 24.5 Å². The average molecular weight is 408 g/mol. The zero-order valence-electron chi connectivity index (χ0n) is 15.1. The largest absolute Gasteiger partial charge is 0.416 e. The summed E-state index contributed by atoms with van der Waals surface area (Å²) in [4.78, 5) is 23.3. The Morgan fingerprint density at radius 1 is 1.10 bits per heavy atom. The molecule has 0 aliphatic carbocycles. The Hall–Kier alpha value is -3.43. The summed E-state index contributed by atoms with van der Waals surface area (Å²) >= 11 is 0. The molecular formula is C19H16F4N4O2. The number of alkyl halides is 3. The normalized spacial score (nSPS) is 16.7. The van der Waals surface area contributed by atoms with Crippen LogP contribution in [0.3, 0.4) is 0 Å².